The Bertz CT molecular complexity index is 1860. The predicted molar refractivity (Wildman–Crippen MR) is 166 cm³/mol. The van der Waals surface area contributed by atoms with Gasteiger partial charge in [-0.15, -0.1) is 0 Å². The molecule has 3 aromatic carbocycles. The summed E-state index contributed by atoms with van der Waals surface area (Å²) in [6, 6.07) is 19.0. The minimum Gasteiger partial charge on any atom is -0.368 e. The Hall–Kier alpha value is -3.95. The first-order valence-corrected chi connectivity index (χ1v) is 16.0. The van der Waals surface area contributed by atoms with Crippen LogP contribution < -0.4 is 10.3 Å². The molecule has 0 saturated carbocycles. The number of amides is 1. The molecular weight excluding hydrogens is 548 g/mol. The summed E-state index contributed by atoms with van der Waals surface area (Å²) in [5.41, 5.74) is 5.97. The van der Waals surface area contributed by atoms with Crippen molar-refractivity contribution in [3.05, 3.63) is 105 Å². The molecule has 0 radical (unpaired) electrons. The topological polar surface area (TPSA) is 82.9 Å². The van der Waals surface area contributed by atoms with Gasteiger partial charge in [-0.2, -0.15) is 4.31 Å². The number of hydrogen-bond donors (Lipinski definition) is 0. The molecule has 4 aromatic rings. The lowest BCUT2D eigenvalue weighted by Crippen LogP contribution is -2.49. The van der Waals surface area contributed by atoms with Gasteiger partial charge in [0.15, 0.2) is 0 Å². The molecule has 1 fully saturated rings. The molecule has 218 valence electrons. The summed E-state index contributed by atoms with van der Waals surface area (Å²) >= 11 is 0. The SMILES string of the molecule is CCn1cc(C(=O)N2CCN(c3cc(C)ccc3C)CC2)c(=O)c2cc(S(=O)(=O)N3CCc4ccccc4C3)ccc21. The second kappa shape index (κ2) is 11.0. The third kappa shape index (κ3) is 5.01. The molecular formula is C33H36N4O4S. The van der Waals surface area contributed by atoms with Gasteiger partial charge in [0.05, 0.1) is 10.4 Å². The maximum Gasteiger partial charge on any atom is 0.259 e. The number of pyridine rings is 1. The van der Waals surface area contributed by atoms with Crippen molar-refractivity contribution in [1.82, 2.24) is 13.8 Å². The van der Waals surface area contributed by atoms with Crippen LogP contribution in [0.25, 0.3) is 10.9 Å². The van der Waals surface area contributed by atoms with Crippen LogP contribution in [-0.2, 0) is 29.5 Å². The van der Waals surface area contributed by atoms with Gasteiger partial charge in [-0.1, -0.05) is 36.4 Å². The van der Waals surface area contributed by atoms with Crippen molar-refractivity contribution in [2.24, 2.45) is 0 Å². The Labute approximate surface area is 246 Å². The smallest absolute Gasteiger partial charge is 0.259 e. The van der Waals surface area contributed by atoms with E-state index in [4.69, 9.17) is 0 Å². The Kier molecular flexibility index (Phi) is 7.41. The number of sulfonamides is 1. The minimum absolute atomic E-state index is 0.0703. The van der Waals surface area contributed by atoms with E-state index in [1.54, 1.807) is 23.2 Å². The molecule has 3 heterocycles. The van der Waals surface area contributed by atoms with Gasteiger partial charge in [-0.25, -0.2) is 8.42 Å². The maximum atomic E-state index is 13.8. The zero-order chi connectivity index (χ0) is 29.6. The number of nitrogens with zero attached hydrogens (tertiary/aromatic N) is 4. The molecule has 1 amide bonds. The van der Waals surface area contributed by atoms with E-state index >= 15 is 0 Å². The highest BCUT2D eigenvalue weighted by Gasteiger charge is 2.30. The van der Waals surface area contributed by atoms with Crippen molar-refractivity contribution < 1.29 is 13.2 Å². The number of piperazine rings is 1. The fourth-order valence-electron chi connectivity index (χ4n) is 6.16. The minimum atomic E-state index is -3.84. The van der Waals surface area contributed by atoms with Gasteiger partial charge in [0, 0.05) is 63.1 Å². The molecule has 9 heteroatoms. The second-order valence-corrected chi connectivity index (χ2v) is 13.2. The predicted octanol–water partition coefficient (Wildman–Crippen LogP) is 4.35. The molecule has 0 spiro atoms. The van der Waals surface area contributed by atoms with E-state index in [2.05, 4.69) is 36.9 Å². The Morgan fingerprint density at radius 1 is 0.881 bits per heavy atom. The summed E-state index contributed by atoms with van der Waals surface area (Å²) in [4.78, 5) is 31.6. The van der Waals surface area contributed by atoms with Crippen LogP contribution in [0.4, 0.5) is 5.69 Å². The van der Waals surface area contributed by atoms with E-state index in [-0.39, 0.29) is 21.8 Å². The Morgan fingerprint density at radius 3 is 2.36 bits per heavy atom. The standard InChI is InChI=1S/C33H36N4O4S/c1-4-34-22-29(33(39)36-17-15-35(16-18-36)31-19-23(2)9-10-24(31)3)32(38)28-20-27(11-12-30(28)34)42(40,41)37-14-13-25-7-5-6-8-26(25)21-37/h5-12,19-20,22H,4,13-18,21H2,1-3H3. The number of benzene rings is 3. The molecule has 0 unspecified atom stereocenters. The van der Waals surface area contributed by atoms with Gasteiger partial charge in [0.1, 0.15) is 5.56 Å². The quantitative estimate of drug-likeness (QED) is 0.349. The van der Waals surface area contributed by atoms with Crippen molar-refractivity contribution in [2.75, 3.05) is 37.6 Å². The molecule has 1 aromatic heterocycles. The first kappa shape index (κ1) is 28.2. The second-order valence-electron chi connectivity index (χ2n) is 11.3. The molecule has 0 atom stereocenters. The van der Waals surface area contributed by atoms with Crippen LogP contribution >= 0.6 is 0 Å². The number of anilines is 1. The van der Waals surface area contributed by atoms with Gasteiger partial charge in [-0.05, 0) is 73.7 Å². The van der Waals surface area contributed by atoms with Crippen molar-refractivity contribution in [1.29, 1.82) is 0 Å². The number of hydrogen-bond acceptors (Lipinski definition) is 5. The van der Waals surface area contributed by atoms with Crippen molar-refractivity contribution in [3.8, 4) is 0 Å². The van der Waals surface area contributed by atoms with Gasteiger partial charge < -0.3 is 14.4 Å². The fourth-order valence-corrected chi connectivity index (χ4v) is 7.60. The van der Waals surface area contributed by atoms with Gasteiger partial charge in [0.2, 0.25) is 15.5 Å². The van der Waals surface area contributed by atoms with E-state index in [1.807, 2.05) is 35.8 Å². The molecule has 0 bridgehead atoms. The van der Waals surface area contributed by atoms with Crippen LogP contribution in [0.3, 0.4) is 0 Å². The lowest BCUT2D eigenvalue weighted by atomic mass is 10.0. The summed E-state index contributed by atoms with van der Waals surface area (Å²) in [5, 5.41) is 0.246. The number of aromatic nitrogens is 1. The van der Waals surface area contributed by atoms with Crippen LogP contribution in [-0.4, -0.2) is 60.8 Å². The number of carbonyl (C=O) groups is 1. The van der Waals surface area contributed by atoms with Crippen LogP contribution in [0.2, 0.25) is 0 Å². The molecule has 2 aliphatic rings. The van der Waals surface area contributed by atoms with Crippen LogP contribution in [0.5, 0.6) is 0 Å². The highest BCUT2D eigenvalue weighted by atomic mass is 32.2. The van der Waals surface area contributed by atoms with E-state index in [9.17, 15) is 18.0 Å². The van der Waals surface area contributed by atoms with E-state index in [0.717, 1.165) is 11.1 Å². The number of carbonyl (C=O) groups excluding carboxylic acids is 1. The van der Waals surface area contributed by atoms with E-state index < -0.39 is 15.5 Å². The van der Waals surface area contributed by atoms with E-state index in [0.29, 0.717) is 57.8 Å². The first-order valence-electron chi connectivity index (χ1n) is 14.5. The van der Waals surface area contributed by atoms with Gasteiger partial charge >= 0.3 is 0 Å². The summed E-state index contributed by atoms with van der Waals surface area (Å²) in [6.45, 7) is 9.66. The lowest BCUT2D eigenvalue weighted by molar-refractivity contribution is 0.0745. The lowest BCUT2D eigenvalue weighted by Gasteiger charge is -2.37. The van der Waals surface area contributed by atoms with Crippen molar-refractivity contribution in [2.45, 2.75) is 45.2 Å². The molecule has 1 saturated heterocycles. The number of rotatable bonds is 5. The average molecular weight is 585 g/mol. The summed E-state index contributed by atoms with van der Waals surface area (Å²) in [7, 11) is -3.84. The van der Waals surface area contributed by atoms with Gasteiger partial charge in [0.25, 0.3) is 5.91 Å². The Balaban J connectivity index is 1.29. The Morgan fingerprint density at radius 2 is 1.62 bits per heavy atom. The molecule has 42 heavy (non-hydrogen) atoms. The fraction of sp³-hybridized carbons (Fsp3) is 0.333. The van der Waals surface area contributed by atoms with E-state index in [1.165, 1.54) is 27.2 Å². The molecule has 0 aliphatic carbocycles. The highest BCUT2D eigenvalue weighted by molar-refractivity contribution is 7.89. The third-order valence-corrected chi connectivity index (χ3v) is 10.5. The molecule has 6 rings (SSSR count). The zero-order valence-corrected chi connectivity index (χ0v) is 25.2. The van der Waals surface area contributed by atoms with Crippen LogP contribution in [0.1, 0.15) is 39.5 Å². The molecule has 2 aliphatic heterocycles. The van der Waals surface area contributed by atoms with Gasteiger partial charge in [-0.3, -0.25) is 9.59 Å². The monoisotopic (exact) mass is 584 g/mol. The van der Waals surface area contributed by atoms with Crippen LogP contribution in [0.15, 0.2) is 76.6 Å². The first-order chi connectivity index (χ1) is 20.2. The maximum absolute atomic E-state index is 13.8. The normalized spacial score (nSPS) is 16.1. The summed E-state index contributed by atoms with van der Waals surface area (Å²) in [5.74, 6) is -0.314. The average Bonchev–Trinajstić information content (AvgIpc) is 3.02. The van der Waals surface area contributed by atoms with Crippen LogP contribution in [0, 0.1) is 13.8 Å². The van der Waals surface area contributed by atoms with Crippen molar-refractivity contribution in [3.63, 3.8) is 0 Å². The van der Waals surface area contributed by atoms with Crippen molar-refractivity contribution >= 4 is 32.5 Å². The zero-order valence-electron chi connectivity index (χ0n) is 24.3. The highest BCUT2D eigenvalue weighted by Crippen LogP contribution is 2.27. The summed E-state index contributed by atoms with van der Waals surface area (Å²) < 4.78 is 30.7. The third-order valence-electron chi connectivity index (χ3n) is 8.63. The number of aryl methyl sites for hydroxylation is 3. The largest absolute Gasteiger partial charge is 0.368 e. The molecule has 0 N–H and O–H groups in total. The summed E-state index contributed by atoms with van der Waals surface area (Å²) in [6.07, 6.45) is 2.26. The number of fused-ring (bicyclic) bond motifs is 2. The molecule has 8 nitrogen and oxygen atoms in total.